The van der Waals surface area contributed by atoms with Gasteiger partial charge in [0.25, 0.3) is 5.91 Å². The first-order valence-electron chi connectivity index (χ1n) is 7.44. The number of halogens is 3. The number of rotatable bonds is 4. The molecule has 4 nitrogen and oxygen atoms in total. The van der Waals surface area contributed by atoms with E-state index in [9.17, 15) is 18.0 Å². The lowest BCUT2D eigenvalue weighted by Crippen LogP contribution is -2.31. The Kier molecular flexibility index (Phi) is 4.56. The SMILES string of the molecule is Cn1ccnc1[C@H](NC(=O)c1ccc(F)cc1)c1ccc(F)c(F)c1. The van der Waals surface area contributed by atoms with E-state index in [-0.39, 0.29) is 5.56 Å². The monoisotopic (exact) mass is 345 g/mol. The van der Waals surface area contributed by atoms with Crippen molar-refractivity contribution in [1.82, 2.24) is 14.9 Å². The molecule has 7 heteroatoms. The Balaban J connectivity index is 1.97. The molecular formula is C18H14F3N3O. The number of hydrogen-bond donors (Lipinski definition) is 1. The van der Waals surface area contributed by atoms with Gasteiger partial charge in [0.2, 0.25) is 0 Å². The molecular weight excluding hydrogens is 331 g/mol. The standard InChI is InChI=1S/C18H14F3N3O/c1-24-9-8-22-17(24)16(12-4-7-14(20)15(21)10-12)23-18(25)11-2-5-13(19)6-3-11/h2-10,16H,1H3,(H,23,25)/t16-/m1/s1. The number of carbonyl (C=O) groups is 1. The Morgan fingerprint density at radius 2 is 1.80 bits per heavy atom. The fourth-order valence-electron chi connectivity index (χ4n) is 2.46. The maximum absolute atomic E-state index is 13.6. The van der Waals surface area contributed by atoms with Crippen molar-refractivity contribution in [2.24, 2.45) is 7.05 Å². The van der Waals surface area contributed by atoms with Crippen LogP contribution in [-0.4, -0.2) is 15.5 Å². The second kappa shape index (κ2) is 6.80. The van der Waals surface area contributed by atoms with Gasteiger partial charge in [0, 0.05) is 25.0 Å². The van der Waals surface area contributed by atoms with Crippen LogP contribution in [0.15, 0.2) is 54.9 Å². The highest BCUT2D eigenvalue weighted by molar-refractivity contribution is 5.94. The van der Waals surface area contributed by atoms with E-state index in [1.54, 1.807) is 17.8 Å². The van der Waals surface area contributed by atoms with E-state index < -0.39 is 29.4 Å². The minimum atomic E-state index is -1.02. The van der Waals surface area contributed by atoms with Gasteiger partial charge in [-0.1, -0.05) is 6.07 Å². The predicted octanol–water partition coefficient (Wildman–Crippen LogP) is 3.36. The van der Waals surface area contributed by atoms with E-state index >= 15 is 0 Å². The van der Waals surface area contributed by atoms with Crippen LogP contribution < -0.4 is 5.32 Å². The fraction of sp³-hybridized carbons (Fsp3) is 0.111. The van der Waals surface area contributed by atoms with Gasteiger partial charge in [-0.2, -0.15) is 0 Å². The molecule has 0 saturated carbocycles. The maximum Gasteiger partial charge on any atom is 0.252 e. The summed E-state index contributed by atoms with van der Waals surface area (Å²) in [6.07, 6.45) is 3.21. The predicted molar refractivity (Wildman–Crippen MR) is 85.3 cm³/mol. The fourth-order valence-corrected chi connectivity index (χ4v) is 2.46. The van der Waals surface area contributed by atoms with Gasteiger partial charge in [0.15, 0.2) is 11.6 Å². The summed E-state index contributed by atoms with van der Waals surface area (Å²) in [5.74, 6) is -2.50. The molecule has 1 aromatic heterocycles. The minimum Gasteiger partial charge on any atom is -0.338 e. The van der Waals surface area contributed by atoms with Gasteiger partial charge < -0.3 is 9.88 Å². The van der Waals surface area contributed by atoms with Crippen molar-refractivity contribution in [3.05, 3.63) is 89.3 Å². The number of amides is 1. The molecule has 0 aliphatic rings. The molecule has 128 valence electrons. The largest absolute Gasteiger partial charge is 0.338 e. The van der Waals surface area contributed by atoms with Crippen LogP contribution >= 0.6 is 0 Å². The average molecular weight is 345 g/mol. The summed E-state index contributed by atoms with van der Waals surface area (Å²) >= 11 is 0. The Bertz CT molecular complexity index is 906. The summed E-state index contributed by atoms with van der Waals surface area (Å²) in [6.45, 7) is 0. The Morgan fingerprint density at radius 1 is 1.08 bits per heavy atom. The lowest BCUT2D eigenvalue weighted by Gasteiger charge is -2.19. The number of aromatic nitrogens is 2. The van der Waals surface area contributed by atoms with E-state index in [1.807, 2.05) is 0 Å². The molecule has 0 unspecified atom stereocenters. The van der Waals surface area contributed by atoms with E-state index in [0.717, 1.165) is 12.1 Å². The minimum absolute atomic E-state index is 0.239. The number of aryl methyl sites for hydroxylation is 1. The second-order valence-corrected chi connectivity index (χ2v) is 5.48. The van der Waals surface area contributed by atoms with Gasteiger partial charge in [0.05, 0.1) is 0 Å². The Labute approximate surface area is 141 Å². The van der Waals surface area contributed by atoms with Crippen LogP contribution in [0.1, 0.15) is 27.8 Å². The van der Waals surface area contributed by atoms with Gasteiger partial charge >= 0.3 is 0 Å². The van der Waals surface area contributed by atoms with Crippen LogP contribution in [0.2, 0.25) is 0 Å². The molecule has 1 heterocycles. The lowest BCUT2D eigenvalue weighted by atomic mass is 10.0. The molecule has 1 amide bonds. The van der Waals surface area contributed by atoms with Crippen molar-refractivity contribution in [3.8, 4) is 0 Å². The lowest BCUT2D eigenvalue weighted by molar-refractivity contribution is 0.0941. The normalized spacial score (nSPS) is 12.0. The Hall–Kier alpha value is -3.09. The molecule has 1 atom stereocenters. The Morgan fingerprint density at radius 3 is 2.40 bits per heavy atom. The molecule has 0 aliphatic heterocycles. The van der Waals surface area contributed by atoms with Gasteiger partial charge in [-0.05, 0) is 42.0 Å². The maximum atomic E-state index is 13.6. The van der Waals surface area contributed by atoms with Crippen molar-refractivity contribution in [2.75, 3.05) is 0 Å². The van der Waals surface area contributed by atoms with E-state index in [2.05, 4.69) is 10.3 Å². The van der Waals surface area contributed by atoms with Crippen molar-refractivity contribution in [1.29, 1.82) is 0 Å². The van der Waals surface area contributed by atoms with Crippen molar-refractivity contribution in [3.63, 3.8) is 0 Å². The first-order valence-corrected chi connectivity index (χ1v) is 7.44. The highest BCUT2D eigenvalue weighted by atomic mass is 19.2. The third-order valence-electron chi connectivity index (χ3n) is 3.78. The summed E-state index contributed by atoms with van der Waals surface area (Å²) in [7, 11) is 1.72. The van der Waals surface area contributed by atoms with E-state index in [4.69, 9.17) is 0 Å². The van der Waals surface area contributed by atoms with Crippen molar-refractivity contribution >= 4 is 5.91 Å². The van der Waals surface area contributed by atoms with Crippen molar-refractivity contribution < 1.29 is 18.0 Å². The molecule has 25 heavy (non-hydrogen) atoms. The molecule has 0 radical (unpaired) electrons. The quantitative estimate of drug-likeness (QED) is 0.788. The van der Waals surface area contributed by atoms with Crippen LogP contribution in [0.4, 0.5) is 13.2 Å². The first-order chi connectivity index (χ1) is 12.0. The van der Waals surface area contributed by atoms with Crippen LogP contribution in [0.25, 0.3) is 0 Å². The number of benzene rings is 2. The van der Waals surface area contributed by atoms with Gasteiger partial charge in [0.1, 0.15) is 17.7 Å². The van der Waals surface area contributed by atoms with Crippen LogP contribution in [-0.2, 0) is 7.05 Å². The smallest absolute Gasteiger partial charge is 0.252 e. The van der Waals surface area contributed by atoms with Gasteiger partial charge in [-0.15, -0.1) is 0 Å². The summed E-state index contributed by atoms with van der Waals surface area (Å²) < 4.78 is 41.5. The number of nitrogens with zero attached hydrogens (tertiary/aromatic N) is 2. The zero-order valence-electron chi connectivity index (χ0n) is 13.2. The molecule has 0 bridgehead atoms. The number of imidazole rings is 1. The zero-order valence-corrected chi connectivity index (χ0v) is 13.2. The summed E-state index contributed by atoms with van der Waals surface area (Å²) in [4.78, 5) is 16.6. The van der Waals surface area contributed by atoms with Crippen LogP contribution in [0.5, 0.6) is 0 Å². The van der Waals surface area contributed by atoms with Gasteiger partial charge in [-0.25, -0.2) is 18.2 Å². The third kappa shape index (κ3) is 3.55. The number of hydrogen-bond acceptors (Lipinski definition) is 2. The molecule has 0 fully saturated rings. The number of nitrogens with one attached hydrogen (secondary N) is 1. The average Bonchev–Trinajstić information content (AvgIpc) is 3.01. The second-order valence-electron chi connectivity index (χ2n) is 5.48. The van der Waals surface area contributed by atoms with Crippen LogP contribution in [0.3, 0.4) is 0 Å². The van der Waals surface area contributed by atoms with Crippen LogP contribution in [0, 0.1) is 17.5 Å². The molecule has 2 aromatic carbocycles. The van der Waals surface area contributed by atoms with E-state index in [1.165, 1.54) is 36.5 Å². The molecule has 1 N–H and O–H groups in total. The van der Waals surface area contributed by atoms with E-state index in [0.29, 0.717) is 11.4 Å². The highest BCUT2D eigenvalue weighted by Crippen LogP contribution is 2.23. The topological polar surface area (TPSA) is 46.9 Å². The third-order valence-corrected chi connectivity index (χ3v) is 3.78. The number of carbonyl (C=O) groups excluding carboxylic acids is 1. The summed E-state index contributed by atoms with van der Waals surface area (Å²) in [5, 5.41) is 2.73. The molecule has 3 aromatic rings. The summed E-state index contributed by atoms with van der Waals surface area (Å²) in [5.41, 5.74) is 0.576. The molecule has 0 aliphatic carbocycles. The first kappa shape index (κ1) is 16.8. The molecule has 0 saturated heterocycles. The molecule has 0 spiro atoms. The molecule has 3 rings (SSSR count). The van der Waals surface area contributed by atoms with Crippen molar-refractivity contribution in [2.45, 2.75) is 6.04 Å². The summed E-state index contributed by atoms with van der Waals surface area (Å²) in [6, 6.07) is 7.60. The van der Waals surface area contributed by atoms with Gasteiger partial charge in [-0.3, -0.25) is 4.79 Å². The highest BCUT2D eigenvalue weighted by Gasteiger charge is 2.22. The zero-order chi connectivity index (χ0) is 18.0.